The predicted molar refractivity (Wildman–Crippen MR) is 105 cm³/mol. The minimum Gasteiger partial charge on any atom is -0.497 e. The van der Waals surface area contributed by atoms with Gasteiger partial charge < -0.3 is 19.5 Å². The maximum atomic E-state index is 12.2. The molecule has 2 aromatic carbocycles. The Labute approximate surface area is 168 Å². The quantitative estimate of drug-likeness (QED) is 0.648. The molecular formula is C21H22ClNO5. The molecule has 1 aliphatic rings. The number of carbonyl (C=O) groups excluding carboxylic acids is 2. The molecule has 1 unspecified atom stereocenters. The molecule has 2 aromatic rings. The van der Waals surface area contributed by atoms with E-state index < -0.39 is 5.97 Å². The van der Waals surface area contributed by atoms with Gasteiger partial charge in [0, 0.05) is 0 Å². The molecule has 1 N–H and O–H groups in total. The fourth-order valence-electron chi connectivity index (χ4n) is 2.82. The first-order valence-corrected chi connectivity index (χ1v) is 9.41. The van der Waals surface area contributed by atoms with Gasteiger partial charge in [-0.25, -0.2) is 4.79 Å². The highest BCUT2D eigenvalue weighted by atomic mass is 35.5. The highest BCUT2D eigenvalue weighted by molar-refractivity contribution is 6.32. The van der Waals surface area contributed by atoms with Gasteiger partial charge in [0.25, 0.3) is 5.91 Å². The lowest BCUT2D eigenvalue weighted by Gasteiger charge is -2.19. The summed E-state index contributed by atoms with van der Waals surface area (Å²) in [5.74, 6) is 0.564. The van der Waals surface area contributed by atoms with Crippen molar-refractivity contribution in [2.75, 3.05) is 20.3 Å². The van der Waals surface area contributed by atoms with Crippen LogP contribution in [0.5, 0.6) is 11.5 Å². The van der Waals surface area contributed by atoms with Gasteiger partial charge in [-0.05, 0) is 48.6 Å². The van der Waals surface area contributed by atoms with Crippen molar-refractivity contribution < 1.29 is 23.8 Å². The van der Waals surface area contributed by atoms with E-state index in [4.69, 9.17) is 25.8 Å². The van der Waals surface area contributed by atoms with E-state index in [9.17, 15) is 9.59 Å². The van der Waals surface area contributed by atoms with E-state index >= 15 is 0 Å². The van der Waals surface area contributed by atoms with Crippen LogP contribution >= 0.6 is 11.6 Å². The second kappa shape index (κ2) is 9.46. The number of methoxy groups -OCH3 is 1. The number of hydrogen-bond acceptors (Lipinski definition) is 5. The maximum absolute atomic E-state index is 12.2. The molecular weight excluding hydrogens is 382 g/mol. The zero-order valence-electron chi connectivity index (χ0n) is 15.5. The number of rotatable bonds is 9. The van der Waals surface area contributed by atoms with Crippen LogP contribution in [-0.2, 0) is 14.3 Å². The minimum absolute atomic E-state index is 0.100. The Hall–Kier alpha value is -2.73. The molecule has 1 fully saturated rings. The second-order valence-corrected chi connectivity index (χ2v) is 6.94. The van der Waals surface area contributed by atoms with Crippen LogP contribution in [0.1, 0.15) is 24.4 Å². The maximum Gasteiger partial charge on any atom is 0.344 e. The number of benzene rings is 2. The summed E-state index contributed by atoms with van der Waals surface area (Å²) in [6.45, 7) is -0.675. The molecule has 0 heterocycles. The molecule has 0 aromatic heterocycles. The van der Waals surface area contributed by atoms with Crippen molar-refractivity contribution in [3.63, 3.8) is 0 Å². The molecule has 148 valence electrons. The molecule has 0 saturated heterocycles. The van der Waals surface area contributed by atoms with Crippen LogP contribution in [0.2, 0.25) is 5.02 Å². The predicted octanol–water partition coefficient (Wildman–Crippen LogP) is 3.54. The molecule has 6 nitrogen and oxygen atoms in total. The Morgan fingerprint density at radius 2 is 1.82 bits per heavy atom. The first-order chi connectivity index (χ1) is 13.6. The van der Waals surface area contributed by atoms with Crippen LogP contribution in [-0.4, -0.2) is 32.2 Å². The first-order valence-electron chi connectivity index (χ1n) is 9.03. The fraction of sp³-hybridized carbons (Fsp3) is 0.333. The summed E-state index contributed by atoms with van der Waals surface area (Å²) in [5.41, 5.74) is 1.00. The molecule has 0 bridgehead atoms. The average molecular weight is 404 g/mol. The Morgan fingerprint density at radius 1 is 1.11 bits per heavy atom. The molecule has 0 aliphatic heterocycles. The SMILES string of the molecule is COc1ccc(C(NC(=O)COC(=O)COc2ccccc2Cl)C2CC2)cc1. The Kier molecular flexibility index (Phi) is 6.76. The summed E-state index contributed by atoms with van der Waals surface area (Å²) in [7, 11) is 1.61. The summed E-state index contributed by atoms with van der Waals surface area (Å²) < 4.78 is 15.5. The number of para-hydroxylation sites is 1. The third kappa shape index (κ3) is 5.63. The normalized spacial score (nSPS) is 14.1. The van der Waals surface area contributed by atoms with E-state index in [2.05, 4.69) is 5.32 Å². The molecule has 0 radical (unpaired) electrons. The zero-order valence-corrected chi connectivity index (χ0v) is 16.3. The number of hydrogen-bond donors (Lipinski definition) is 1. The third-order valence-corrected chi connectivity index (χ3v) is 4.74. The van der Waals surface area contributed by atoms with Crippen LogP contribution in [0.25, 0.3) is 0 Å². The van der Waals surface area contributed by atoms with E-state index in [0.717, 1.165) is 24.2 Å². The lowest BCUT2D eigenvalue weighted by Crippen LogP contribution is -2.34. The second-order valence-electron chi connectivity index (χ2n) is 6.54. The van der Waals surface area contributed by atoms with Crippen LogP contribution in [0, 0.1) is 5.92 Å². The summed E-state index contributed by atoms with van der Waals surface area (Å²) in [6.07, 6.45) is 2.12. The average Bonchev–Trinajstić information content (AvgIpc) is 3.55. The Balaban J connectivity index is 1.46. The highest BCUT2D eigenvalue weighted by Gasteiger charge is 2.33. The van der Waals surface area contributed by atoms with E-state index in [-0.39, 0.29) is 25.2 Å². The smallest absolute Gasteiger partial charge is 0.344 e. The number of amides is 1. The highest BCUT2D eigenvalue weighted by Crippen LogP contribution is 2.41. The molecule has 1 aliphatic carbocycles. The van der Waals surface area contributed by atoms with Crippen molar-refractivity contribution in [1.82, 2.24) is 5.32 Å². The van der Waals surface area contributed by atoms with Crippen molar-refractivity contribution in [1.29, 1.82) is 0 Å². The van der Waals surface area contributed by atoms with E-state index in [1.807, 2.05) is 24.3 Å². The van der Waals surface area contributed by atoms with Gasteiger partial charge in [0.2, 0.25) is 0 Å². The first kappa shape index (κ1) is 20.0. The third-order valence-electron chi connectivity index (χ3n) is 4.43. The van der Waals surface area contributed by atoms with Gasteiger partial charge in [-0.1, -0.05) is 35.9 Å². The molecule has 1 saturated carbocycles. The van der Waals surface area contributed by atoms with Crippen LogP contribution in [0.4, 0.5) is 0 Å². The Morgan fingerprint density at radius 3 is 2.46 bits per heavy atom. The van der Waals surface area contributed by atoms with E-state index in [1.165, 1.54) is 0 Å². The molecule has 7 heteroatoms. The lowest BCUT2D eigenvalue weighted by molar-refractivity contribution is -0.150. The Bertz CT molecular complexity index is 820. The fourth-order valence-corrected chi connectivity index (χ4v) is 3.01. The topological polar surface area (TPSA) is 73.9 Å². The van der Waals surface area contributed by atoms with Gasteiger partial charge in [-0.15, -0.1) is 0 Å². The number of nitrogens with one attached hydrogen (secondary N) is 1. The molecule has 3 rings (SSSR count). The van der Waals surface area contributed by atoms with E-state index in [1.54, 1.807) is 31.4 Å². The van der Waals surface area contributed by atoms with Crippen LogP contribution in [0.15, 0.2) is 48.5 Å². The van der Waals surface area contributed by atoms with Crippen LogP contribution in [0.3, 0.4) is 0 Å². The van der Waals surface area contributed by atoms with Crippen molar-refractivity contribution in [3.05, 3.63) is 59.1 Å². The van der Waals surface area contributed by atoms with Crippen molar-refractivity contribution in [2.45, 2.75) is 18.9 Å². The number of ether oxygens (including phenoxy) is 3. The minimum atomic E-state index is -0.637. The van der Waals surface area contributed by atoms with Gasteiger partial charge in [0.05, 0.1) is 18.2 Å². The molecule has 28 heavy (non-hydrogen) atoms. The van der Waals surface area contributed by atoms with Gasteiger partial charge in [0.1, 0.15) is 11.5 Å². The summed E-state index contributed by atoms with van der Waals surface area (Å²) >= 11 is 5.96. The van der Waals surface area contributed by atoms with Crippen molar-refractivity contribution >= 4 is 23.5 Å². The number of carbonyl (C=O) groups is 2. The van der Waals surface area contributed by atoms with Gasteiger partial charge in [-0.3, -0.25) is 4.79 Å². The number of esters is 1. The monoisotopic (exact) mass is 403 g/mol. The van der Waals surface area contributed by atoms with Gasteiger partial charge >= 0.3 is 5.97 Å². The molecule has 0 spiro atoms. The van der Waals surface area contributed by atoms with E-state index in [0.29, 0.717) is 16.7 Å². The van der Waals surface area contributed by atoms with Gasteiger partial charge in [0.15, 0.2) is 13.2 Å². The number of halogens is 1. The summed E-state index contributed by atoms with van der Waals surface area (Å²) in [4.78, 5) is 24.1. The molecule has 1 amide bonds. The molecule has 1 atom stereocenters. The standard InChI is InChI=1S/C21H22ClNO5/c1-26-16-10-8-15(9-11-16)21(14-6-7-14)23-19(24)12-28-20(25)13-27-18-5-3-2-4-17(18)22/h2-5,8-11,14,21H,6-7,12-13H2,1H3,(H,23,24). The zero-order chi connectivity index (χ0) is 19.9. The summed E-state index contributed by atoms with van der Waals surface area (Å²) in [5, 5.41) is 3.35. The van der Waals surface area contributed by atoms with Crippen LogP contribution < -0.4 is 14.8 Å². The largest absolute Gasteiger partial charge is 0.497 e. The summed E-state index contributed by atoms with van der Waals surface area (Å²) in [6, 6.07) is 14.3. The van der Waals surface area contributed by atoms with Gasteiger partial charge in [-0.2, -0.15) is 0 Å². The van der Waals surface area contributed by atoms with Crippen molar-refractivity contribution in [2.24, 2.45) is 5.92 Å². The van der Waals surface area contributed by atoms with Crippen molar-refractivity contribution in [3.8, 4) is 11.5 Å². The lowest BCUT2D eigenvalue weighted by atomic mass is 10.0.